The van der Waals surface area contributed by atoms with E-state index in [2.05, 4.69) is 0 Å². The molecular formula is C10H10O2. The molecule has 0 bridgehead atoms. The van der Waals surface area contributed by atoms with Gasteiger partial charge in [0.25, 0.3) is 0 Å². The van der Waals surface area contributed by atoms with Crippen LogP contribution in [0.15, 0.2) is 30.3 Å². The predicted octanol–water partition coefficient (Wildman–Crippen LogP) is 2.09. The van der Waals surface area contributed by atoms with Crippen LogP contribution >= 0.6 is 0 Å². The van der Waals surface area contributed by atoms with Crippen LogP contribution < -0.4 is 0 Å². The second-order valence-electron chi connectivity index (χ2n) is 2.53. The van der Waals surface area contributed by atoms with Crippen LogP contribution in [-0.2, 0) is 4.79 Å². The van der Waals surface area contributed by atoms with Gasteiger partial charge < -0.3 is 5.11 Å². The number of carboxylic acid groups (broad SMARTS) is 1. The second kappa shape index (κ2) is 3.72. The topological polar surface area (TPSA) is 37.3 Å². The highest BCUT2D eigenvalue weighted by Gasteiger charge is 1.91. The lowest BCUT2D eigenvalue weighted by atomic mass is 10.1. The lowest BCUT2D eigenvalue weighted by Gasteiger charge is -1.96. The van der Waals surface area contributed by atoms with Gasteiger partial charge in [-0.25, -0.2) is 4.79 Å². The fourth-order valence-electron chi connectivity index (χ4n) is 0.935. The highest BCUT2D eigenvalue weighted by Crippen LogP contribution is 2.08. The van der Waals surface area contributed by atoms with Gasteiger partial charge >= 0.3 is 5.97 Å². The van der Waals surface area contributed by atoms with Crippen molar-refractivity contribution in [1.29, 1.82) is 0 Å². The van der Waals surface area contributed by atoms with E-state index in [0.717, 1.165) is 17.2 Å². The third kappa shape index (κ3) is 2.23. The molecule has 0 heterocycles. The maximum atomic E-state index is 10.2. The Hall–Kier alpha value is -1.57. The molecule has 0 radical (unpaired) electrons. The fourth-order valence-corrected chi connectivity index (χ4v) is 0.935. The van der Waals surface area contributed by atoms with Crippen molar-refractivity contribution in [1.82, 2.24) is 0 Å². The number of hydrogen-bond donors (Lipinski definition) is 1. The monoisotopic (exact) mass is 166 g/mol. The van der Waals surface area contributed by atoms with Crippen LogP contribution in [0.4, 0.5) is 0 Å². The van der Waals surface area contributed by atoms with Gasteiger partial charge in [-0.05, 0) is 24.1 Å². The summed E-state index contributed by atoms with van der Waals surface area (Å²) in [6.07, 6.45) is 2.74. The first-order chi connectivity index (χ1) is 5.70. The summed E-state index contributed by atoms with van der Waals surface area (Å²) in [6.45, 7) is 1.95. The maximum Gasteiger partial charge on any atom is 0.328 e. The van der Waals surface area contributed by atoms with Gasteiger partial charge in [-0.1, -0.05) is 24.3 Å². The quantitative estimate of drug-likeness (QED) is 0.539. The van der Waals surface area contributed by atoms with E-state index in [-0.39, 0.29) is 0 Å². The van der Waals surface area contributed by atoms with E-state index in [1.807, 2.05) is 31.2 Å². The fraction of sp³-hybridized carbons (Fsp3) is 0.100. The number of benzene rings is 1. The van der Waals surface area contributed by atoms with Crippen LogP contribution in [0.3, 0.4) is 0 Å². The number of aliphatic carboxylic acids is 1. The number of carboxylic acids is 1. The van der Waals surface area contributed by atoms with Gasteiger partial charge in [0.1, 0.15) is 0 Å². The molecule has 0 aliphatic rings. The van der Waals surface area contributed by atoms with Crippen LogP contribution in [0, 0.1) is 6.92 Å². The van der Waals surface area contributed by atoms with E-state index >= 15 is 0 Å². The molecule has 0 atom stereocenters. The van der Waals surface area contributed by atoms with Crippen molar-refractivity contribution in [3.8, 4) is 0 Å². The van der Waals surface area contributed by atoms with Gasteiger partial charge in [-0.2, -0.15) is 0 Å². The van der Waals surface area contributed by atoms with Gasteiger partial charge in [0, 0.05) is 6.08 Å². The van der Waals surface area contributed by atoms with Crippen LogP contribution in [0.1, 0.15) is 11.1 Å². The van der Waals surface area contributed by atoms with Crippen LogP contribution in [0.25, 0.3) is 6.08 Å². The first kappa shape index (κ1) is 8.53. The van der Waals surface area contributed by atoms with Gasteiger partial charge in [-0.3, -0.25) is 0 Å². The molecule has 0 aliphatic heterocycles. The van der Waals surface area contributed by atoms with Gasteiger partial charge in [0.2, 0.25) is 0 Å². The third-order valence-corrected chi connectivity index (χ3v) is 1.59. The van der Waals surface area contributed by atoms with Gasteiger partial charge in [0.15, 0.2) is 0 Å². The normalized spacial score (nSPS) is 10.4. The summed E-state index contributed by atoms with van der Waals surface area (Å²) in [5.41, 5.74) is 2.02. The highest BCUT2D eigenvalue weighted by molar-refractivity contribution is 5.85. The maximum absolute atomic E-state index is 10.2. The van der Waals surface area contributed by atoms with E-state index in [0.29, 0.717) is 0 Å². The van der Waals surface area contributed by atoms with Crippen molar-refractivity contribution >= 4 is 12.0 Å². The number of rotatable bonds is 2. The number of aryl methyl sites for hydroxylation is 1. The molecule has 2 heteroatoms. The molecule has 0 saturated heterocycles. The van der Waals surface area contributed by atoms with Gasteiger partial charge in [-0.15, -0.1) is 0 Å². The molecule has 0 fully saturated rings. The Balaban J connectivity index is 2.89. The van der Waals surface area contributed by atoms with Crippen molar-refractivity contribution in [3.05, 3.63) is 41.5 Å². The van der Waals surface area contributed by atoms with Crippen LogP contribution in [-0.4, -0.2) is 11.1 Å². The summed E-state index contributed by atoms with van der Waals surface area (Å²) in [6, 6.07) is 7.64. The van der Waals surface area contributed by atoms with Crippen molar-refractivity contribution in [3.63, 3.8) is 0 Å². The van der Waals surface area contributed by atoms with Crippen molar-refractivity contribution in [2.75, 3.05) is 0 Å². The molecule has 0 amide bonds. The Morgan fingerprint density at radius 2 is 2.08 bits per heavy atom. The molecule has 2 nitrogen and oxygen atoms in total. The van der Waals surface area contributed by atoms with Crippen molar-refractivity contribution < 1.29 is 9.90 Å². The standard InChI is InChI=1S/C10H10O2/c1-8-4-2-3-5-9(8)6-7-10(11)12/h2-7H,1H3,(H,11,12)/b7-6+/i11+2,12+2. The number of hydrogen-bond acceptors (Lipinski definition) is 1. The molecule has 1 aromatic carbocycles. The molecule has 1 aromatic rings. The van der Waals surface area contributed by atoms with E-state index in [1.165, 1.54) is 0 Å². The summed E-state index contributed by atoms with van der Waals surface area (Å²) in [5.74, 6) is -0.918. The van der Waals surface area contributed by atoms with E-state index in [9.17, 15) is 4.79 Å². The summed E-state index contributed by atoms with van der Waals surface area (Å²) in [4.78, 5) is 10.2. The van der Waals surface area contributed by atoms with E-state index in [1.54, 1.807) is 6.08 Å². The van der Waals surface area contributed by atoms with E-state index < -0.39 is 5.97 Å². The highest BCUT2D eigenvalue weighted by atomic mass is 18.2. The Morgan fingerprint density at radius 1 is 1.42 bits per heavy atom. The minimum absolute atomic E-state index is 0.918. The third-order valence-electron chi connectivity index (χ3n) is 1.59. The summed E-state index contributed by atoms with van der Waals surface area (Å²) in [7, 11) is 0. The minimum Gasteiger partial charge on any atom is -0.478 e. The van der Waals surface area contributed by atoms with Crippen molar-refractivity contribution in [2.24, 2.45) is 0 Å². The average molecular weight is 166 g/mol. The predicted molar refractivity (Wildman–Crippen MR) is 47.8 cm³/mol. The SMILES string of the molecule is Cc1ccccc1/C=C/C(=[18O])[18OH]. The average Bonchev–Trinajstić information content (AvgIpc) is 2.03. The molecule has 12 heavy (non-hydrogen) atoms. The zero-order valence-electron chi connectivity index (χ0n) is 6.82. The van der Waals surface area contributed by atoms with Crippen molar-refractivity contribution in [2.45, 2.75) is 6.92 Å². The Morgan fingerprint density at radius 3 is 2.67 bits per heavy atom. The molecule has 1 N–H and O–H groups in total. The van der Waals surface area contributed by atoms with Crippen LogP contribution in [0.2, 0.25) is 0 Å². The zero-order valence-corrected chi connectivity index (χ0v) is 6.82. The summed E-state index contributed by atoms with van der Waals surface area (Å²) >= 11 is 0. The molecule has 0 spiro atoms. The van der Waals surface area contributed by atoms with Crippen LogP contribution in [0.5, 0.6) is 0 Å². The van der Waals surface area contributed by atoms with E-state index in [4.69, 9.17) is 5.11 Å². The molecule has 1 rings (SSSR count). The number of carbonyl (C=O) groups is 1. The minimum atomic E-state index is -0.918. The Bertz CT molecular complexity index is 313. The molecule has 0 saturated carbocycles. The molecule has 62 valence electrons. The van der Waals surface area contributed by atoms with Gasteiger partial charge in [0.05, 0.1) is 0 Å². The first-order valence-corrected chi connectivity index (χ1v) is 3.67. The zero-order chi connectivity index (χ0) is 8.97. The second-order valence-corrected chi connectivity index (χ2v) is 2.53. The Labute approximate surface area is 71.2 Å². The Kier molecular flexibility index (Phi) is 2.64. The smallest absolute Gasteiger partial charge is 0.328 e. The molecular weight excluding hydrogens is 156 g/mol. The molecule has 0 unspecified atom stereocenters. The largest absolute Gasteiger partial charge is 0.478 e. The first-order valence-electron chi connectivity index (χ1n) is 3.67. The summed E-state index contributed by atoms with van der Waals surface area (Å²) in [5, 5.41) is 8.38. The lowest BCUT2D eigenvalue weighted by molar-refractivity contribution is -0.131. The lowest BCUT2D eigenvalue weighted by Crippen LogP contribution is -1.86. The summed E-state index contributed by atoms with van der Waals surface area (Å²) < 4.78 is 0. The molecule has 0 aliphatic carbocycles. The molecule has 0 aromatic heterocycles.